The number of aliphatic hydroxyl groups is 5. The molecule has 6 N–H and O–H groups in total. The number of rotatable bonds is 34. The van der Waals surface area contributed by atoms with Crippen molar-refractivity contribution in [1.29, 1.82) is 0 Å². The second-order valence-electron chi connectivity index (χ2n) is 14.8. The van der Waals surface area contributed by atoms with E-state index in [-0.39, 0.29) is 12.8 Å². The molecule has 8 atom stereocenters. The van der Waals surface area contributed by atoms with E-state index in [0.717, 1.165) is 32.1 Å². The number of carbonyl (C=O) groups excluding carboxylic acids is 2. The Morgan fingerprint density at radius 2 is 1.00 bits per heavy atom. The maximum absolute atomic E-state index is 12.7. The van der Waals surface area contributed by atoms with E-state index in [1.165, 1.54) is 89.9 Å². The van der Waals surface area contributed by atoms with E-state index in [4.69, 9.17) is 18.5 Å². The van der Waals surface area contributed by atoms with Gasteiger partial charge in [0.1, 0.15) is 43.2 Å². The smallest absolute Gasteiger partial charge is 0.462 e. The third kappa shape index (κ3) is 25.3. The molecule has 0 aromatic rings. The molecular weight excluding hydrogens is 731 g/mol. The Balaban J connectivity index is 2.52. The van der Waals surface area contributed by atoms with Crippen LogP contribution in [0.2, 0.25) is 0 Å². The SMILES string of the molecule is CCCCCCCCCCC/C=C/C/C=C/CCCC(=O)O[C@H](COC(=O)CCCCCCCCCCC)COP(=O)(O)OC1C(O)C(O)C(O)[C@@H](O)C1O. The van der Waals surface area contributed by atoms with Gasteiger partial charge in [0.15, 0.2) is 6.10 Å². The minimum atomic E-state index is -5.12. The normalized spacial score (nSPS) is 23.3. The van der Waals surface area contributed by atoms with Crippen molar-refractivity contribution in [3.8, 4) is 0 Å². The van der Waals surface area contributed by atoms with Crippen LogP contribution in [-0.2, 0) is 32.7 Å². The Labute approximate surface area is 330 Å². The number of aliphatic hydroxyl groups excluding tert-OH is 5. The summed E-state index contributed by atoms with van der Waals surface area (Å²) in [6.07, 6.45) is 19.8. The lowest BCUT2D eigenvalue weighted by Gasteiger charge is -2.41. The van der Waals surface area contributed by atoms with Crippen molar-refractivity contribution in [2.75, 3.05) is 13.2 Å². The van der Waals surface area contributed by atoms with Gasteiger partial charge in [0.2, 0.25) is 0 Å². The number of ether oxygens (including phenoxy) is 2. The molecule has 1 rings (SSSR count). The Bertz CT molecular complexity index is 1070. The monoisotopic (exact) mass is 806 g/mol. The summed E-state index contributed by atoms with van der Waals surface area (Å²) in [5.74, 6) is -1.15. The lowest BCUT2D eigenvalue weighted by molar-refractivity contribution is -0.220. The van der Waals surface area contributed by atoms with Gasteiger partial charge in [-0.1, -0.05) is 141 Å². The van der Waals surface area contributed by atoms with Crippen LogP contribution >= 0.6 is 7.82 Å². The van der Waals surface area contributed by atoms with Gasteiger partial charge in [0.05, 0.1) is 6.61 Å². The van der Waals surface area contributed by atoms with Crippen LogP contribution in [0.5, 0.6) is 0 Å². The summed E-state index contributed by atoms with van der Waals surface area (Å²) >= 11 is 0. The van der Waals surface area contributed by atoms with Gasteiger partial charge >= 0.3 is 19.8 Å². The van der Waals surface area contributed by atoms with Crippen LogP contribution in [0.1, 0.15) is 168 Å². The van der Waals surface area contributed by atoms with E-state index >= 15 is 0 Å². The molecule has 1 aliphatic rings. The average Bonchev–Trinajstić information content (AvgIpc) is 3.16. The number of esters is 2. The molecule has 14 heteroatoms. The molecule has 1 fully saturated rings. The second kappa shape index (κ2) is 32.3. The molecule has 1 saturated carbocycles. The number of phosphoric ester groups is 1. The van der Waals surface area contributed by atoms with Crippen molar-refractivity contribution in [2.45, 2.75) is 211 Å². The van der Waals surface area contributed by atoms with Gasteiger partial charge in [-0.15, -0.1) is 0 Å². The molecule has 0 bridgehead atoms. The van der Waals surface area contributed by atoms with Crippen LogP contribution < -0.4 is 0 Å². The molecule has 0 aromatic carbocycles. The summed E-state index contributed by atoms with van der Waals surface area (Å²) in [5, 5.41) is 50.0. The van der Waals surface area contributed by atoms with Crippen molar-refractivity contribution < 1.29 is 63.1 Å². The molecular formula is C41H75O13P. The van der Waals surface area contributed by atoms with Crippen molar-refractivity contribution in [1.82, 2.24) is 0 Å². The summed E-state index contributed by atoms with van der Waals surface area (Å²) < 4.78 is 33.3. The summed E-state index contributed by atoms with van der Waals surface area (Å²) in [6.45, 7) is 3.22. The van der Waals surface area contributed by atoms with Crippen molar-refractivity contribution in [3.63, 3.8) is 0 Å². The fourth-order valence-corrected chi connectivity index (χ4v) is 7.30. The standard InChI is InChI=1S/C41H75O13P/c1-3-5-7-9-11-13-14-15-16-17-18-19-20-22-24-26-28-30-35(43)53-33(31-51-34(42)29-27-25-23-21-12-10-8-6-4-2)32-52-55(49,50)54-41-39(47)37(45)36(44)38(46)40(41)48/h18-19,22,24,33,36-41,44-48H,3-17,20-21,23,25-32H2,1-2H3,(H,49,50)/b19-18+,24-22+/t33-,36?,37-,38?,39?,40?,41?/m1/s1. The maximum atomic E-state index is 12.7. The fourth-order valence-electron chi connectivity index (χ4n) is 6.33. The van der Waals surface area contributed by atoms with E-state index in [1.807, 2.05) is 12.2 Å². The van der Waals surface area contributed by atoms with Crippen LogP contribution in [0.15, 0.2) is 24.3 Å². The maximum Gasteiger partial charge on any atom is 0.472 e. The van der Waals surface area contributed by atoms with Crippen LogP contribution in [0, 0.1) is 0 Å². The number of hydrogen-bond acceptors (Lipinski definition) is 12. The molecule has 0 amide bonds. The van der Waals surface area contributed by atoms with E-state index in [2.05, 4.69) is 26.0 Å². The van der Waals surface area contributed by atoms with E-state index < -0.39 is 75.7 Å². The van der Waals surface area contributed by atoms with E-state index in [9.17, 15) is 44.6 Å². The van der Waals surface area contributed by atoms with E-state index in [1.54, 1.807) is 0 Å². The van der Waals surface area contributed by atoms with Crippen molar-refractivity contribution >= 4 is 19.8 Å². The van der Waals surface area contributed by atoms with Crippen molar-refractivity contribution in [2.24, 2.45) is 0 Å². The summed E-state index contributed by atoms with van der Waals surface area (Å²) in [7, 11) is -5.12. The highest BCUT2D eigenvalue weighted by Crippen LogP contribution is 2.47. The van der Waals surface area contributed by atoms with Gasteiger partial charge in [-0.25, -0.2) is 4.57 Å². The topological polar surface area (TPSA) is 210 Å². The number of hydrogen-bond donors (Lipinski definition) is 6. The zero-order valence-corrected chi connectivity index (χ0v) is 34.6. The molecule has 0 spiro atoms. The first-order chi connectivity index (χ1) is 26.4. The largest absolute Gasteiger partial charge is 0.472 e. The molecule has 0 aliphatic heterocycles. The summed E-state index contributed by atoms with van der Waals surface area (Å²) in [5.41, 5.74) is 0. The lowest BCUT2D eigenvalue weighted by Crippen LogP contribution is -2.64. The molecule has 0 saturated heterocycles. The Morgan fingerprint density at radius 1 is 0.564 bits per heavy atom. The first-order valence-corrected chi connectivity index (χ1v) is 22.6. The van der Waals surface area contributed by atoms with Gasteiger partial charge in [-0.05, 0) is 38.5 Å². The first-order valence-electron chi connectivity index (χ1n) is 21.1. The highest BCUT2D eigenvalue weighted by Gasteiger charge is 2.51. The first kappa shape index (κ1) is 51.3. The highest BCUT2D eigenvalue weighted by molar-refractivity contribution is 7.47. The second-order valence-corrected chi connectivity index (χ2v) is 16.3. The minimum absolute atomic E-state index is 0.0352. The van der Waals surface area contributed by atoms with Crippen LogP contribution in [0.25, 0.3) is 0 Å². The van der Waals surface area contributed by atoms with Crippen LogP contribution in [-0.4, -0.2) is 98.3 Å². The van der Waals surface area contributed by atoms with Gasteiger partial charge in [0, 0.05) is 12.8 Å². The summed E-state index contributed by atoms with van der Waals surface area (Å²) in [6, 6.07) is 0. The number of phosphoric acid groups is 1. The average molecular weight is 807 g/mol. The number of carbonyl (C=O) groups is 2. The zero-order chi connectivity index (χ0) is 40.7. The Morgan fingerprint density at radius 3 is 1.53 bits per heavy atom. The minimum Gasteiger partial charge on any atom is -0.462 e. The van der Waals surface area contributed by atoms with Gasteiger partial charge < -0.3 is 39.9 Å². The quantitative estimate of drug-likeness (QED) is 0.0164. The van der Waals surface area contributed by atoms with Gasteiger partial charge in [-0.3, -0.25) is 18.6 Å². The number of unbranched alkanes of at least 4 members (excludes halogenated alkanes) is 18. The van der Waals surface area contributed by atoms with E-state index in [0.29, 0.717) is 19.3 Å². The molecule has 6 unspecified atom stereocenters. The highest BCUT2D eigenvalue weighted by atomic mass is 31.2. The molecule has 55 heavy (non-hydrogen) atoms. The van der Waals surface area contributed by atoms with Crippen molar-refractivity contribution in [3.05, 3.63) is 24.3 Å². The third-order valence-corrected chi connectivity index (χ3v) is 10.8. The van der Waals surface area contributed by atoms with Gasteiger partial charge in [0.25, 0.3) is 0 Å². The fraction of sp³-hybridized carbons (Fsp3) is 0.854. The van der Waals surface area contributed by atoms with Crippen LogP contribution in [0.3, 0.4) is 0 Å². The molecule has 13 nitrogen and oxygen atoms in total. The molecule has 0 radical (unpaired) electrons. The summed E-state index contributed by atoms with van der Waals surface area (Å²) in [4.78, 5) is 35.4. The predicted molar refractivity (Wildman–Crippen MR) is 212 cm³/mol. The third-order valence-electron chi connectivity index (χ3n) is 9.80. The van der Waals surface area contributed by atoms with Gasteiger partial charge in [-0.2, -0.15) is 0 Å². The molecule has 0 aromatic heterocycles. The Kier molecular flexibility index (Phi) is 30.2. The molecule has 0 heterocycles. The lowest BCUT2D eigenvalue weighted by atomic mass is 9.85. The predicted octanol–water partition coefficient (Wildman–Crippen LogP) is 7.28. The molecule has 1 aliphatic carbocycles. The number of allylic oxidation sites excluding steroid dienone is 4. The van der Waals surface area contributed by atoms with Crippen LogP contribution in [0.4, 0.5) is 0 Å². The Hall–Kier alpha value is -1.67. The molecule has 322 valence electrons. The zero-order valence-electron chi connectivity index (χ0n) is 33.7.